The Balaban J connectivity index is 3.17. The predicted octanol–water partition coefficient (Wildman–Crippen LogP) is 1.57. The van der Waals surface area contributed by atoms with Crippen molar-refractivity contribution in [3.8, 4) is 0 Å². The average Bonchev–Trinajstić information content (AvgIpc) is 1.83. The molecule has 1 nitrogen and oxygen atoms in total. The topological polar surface area (TPSA) is 17.1 Å². The van der Waals surface area contributed by atoms with Crippen LogP contribution in [0.15, 0.2) is 0 Å². The van der Waals surface area contributed by atoms with E-state index in [1.165, 1.54) is 0 Å². The molecule has 0 aromatic rings. The van der Waals surface area contributed by atoms with E-state index < -0.39 is 25.3 Å². The summed E-state index contributed by atoms with van der Waals surface area (Å²) in [5.74, 6) is -0.754. The van der Waals surface area contributed by atoms with E-state index in [4.69, 9.17) is 0 Å². The van der Waals surface area contributed by atoms with Crippen molar-refractivity contribution in [2.24, 2.45) is 0 Å². The third kappa shape index (κ3) is 5.33. The van der Waals surface area contributed by atoms with Gasteiger partial charge in [0.05, 0.1) is 0 Å². The number of Topliss-reactive ketones (excluding diaryl/α,β-unsaturated/α-hetero) is 1. The van der Waals surface area contributed by atoms with E-state index >= 15 is 0 Å². The van der Waals surface area contributed by atoms with Crippen molar-refractivity contribution >= 4 is 5.78 Å². The summed E-state index contributed by atoms with van der Waals surface area (Å²) in [4.78, 5) is 10.0. The van der Waals surface area contributed by atoms with Gasteiger partial charge in [-0.3, -0.25) is 4.79 Å². The molecule has 0 saturated carbocycles. The van der Waals surface area contributed by atoms with E-state index in [0.717, 1.165) is 0 Å². The monoisotopic (exact) mass is 140 g/mol. The van der Waals surface area contributed by atoms with Gasteiger partial charge in [-0.15, -0.1) is 0 Å². The van der Waals surface area contributed by atoms with Gasteiger partial charge in [-0.05, 0) is 0 Å². The first-order valence-corrected chi connectivity index (χ1v) is 2.52. The lowest BCUT2D eigenvalue weighted by molar-refractivity contribution is -0.120. The summed E-state index contributed by atoms with van der Waals surface area (Å²) >= 11 is 0. The molecule has 0 aromatic heterocycles. The number of alkyl halides is 3. The highest BCUT2D eigenvalue weighted by Crippen LogP contribution is 2.02. The maximum Gasteiger partial charge on any atom is 0.239 e. The molecule has 0 N–H and O–H groups in total. The normalized spacial score (nSPS) is 10.2. The van der Waals surface area contributed by atoms with Gasteiger partial charge in [0.1, 0.15) is 6.67 Å². The molecular weight excluding hydrogens is 133 g/mol. The summed E-state index contributed by atoms with van der Waals surface area (Å²) in [5.41, 5.74) is 0. The molecule has 0 amide bonds. The molecule has 0 aliphatic carbocycles. The Morgan fingerprint density at radius 2 is 2.00 bits per heavy atom. The highest BCUT2D eigenvalue weighted by molar-refractivity contribution is 5.79. The van der Waals surface area contributed by atoms with Crippen LogP contribution in [0.3, 0.4) is 0 Å². The molecule has 0 aromatic carbocycles. The van der Waals surface area contributed by atoms with Crippen molar-refractivity contribution in [3.05, 3.63) is 0 Å². The maximum atomic E-state index is 11.3. The van der Waals surface area contributed by atoms with Crippen molar-refractivity contribution in [3.63, 3.8) is 0 Å². The molecule has 0 rings (SSSR count). The van der Waals surface area contributed by atoms with Gasteiger partial charge in [0.2, 0.25) is 6.43 Å². The number of halogens is 3. The van der Waals surface area contributed by atoms with Gasteiger partial charge < -0.3 is 0 Å². The number of hydrogen-bond donors (Lipinski definition) is 0. The van der Waals surface area contributed by atoms with Gasteiger partial charge in [-0.2, -0.15) is 0 Å². The van der Waals surface area contributed by atoms with Crippen molar-refractivity contribution in [2.75, 3.05) is 6.67 Å². The first-order chi connectivity index (χ1) is 4.16. The Hall–Kier alpha value is -0.540. The van der Waals surface area contributed by atoms with Gasteiger partial charge in [-0.25, -0.2) is 13.2 Å². The minimum absolute atomic E-state index is 0.353. The highest BCUT2D eigenvalue weighted by atomic mass is 19.3. The minimum atomic E-state index is -2.50. The van der Waals surface area contributed by atoms with E-state index in [0.29, 0.717) is 0 Å². The van der Waals surface area contributed by atoms with Crippen molar-refractivity contribution in [2.45, 2.75) is 19.3 Å². The zero-order chi connectivity index (χ0) is 7.28. The van der Waals surface area contributed by atoms with Crippen LogP contribution in [0.1, 0.15) is 12.8 Å². The molecule has 0 aliphatic heterocycles. The van der Waals surface area contributed by atoms with E-state index in [9.17, 15) is 18.0 Å². The quantitative estimate of drug-likeness (QED) is 0.579. The van der Waals surface area contributed by atoms with Gasteiger partial charge in [-0.1, -0.05) is 0 Å². The van der Waals surface area contributed by atoms with Crippen LogP contribution < -0.4 is 0 Å². The van der Waals surface area contributed by atoms with Crippen LogP contribution in [0.4, 0.5) is 13.2 Å². The largest absolute Gasteiger partial charge is 0.297 e. The molecule has 9 heavy (non-hydrogen) atoms. The van der Waals surface area contributed by atoms with Crippen LogP contribution in [0.25, 0.3) is 0 Å². The molecule has 0 bridgehead atoms. The summed E-state index contributed by atoms with van der Waals surface area (Å²) < 4.78 is 33.8. The Labute approximate surface area is 50.9 Å². The Morgan fingerprint density at radius 1 is 1.44 bits per heavy atom. The molecule has 0 heterocycles. The lowest BCUT2D eigenvalue weighted by atomic mass is 10.2. The van der Waals surface area contributed by atoms with Crippen molar-refractivity contribution < 1.29 is 18.0 Å². The SMILES string of the molecule is O=C(CF)CCC(F)F. The van der Waals surface area contributed by atoms with Crippen LogP contribution in [0.2, 0.25) is 0 Å². The summed E-state index contributed by atoms with van der Waals surface area (Å²) in [7, 11) is 0. The molecule has 0 aliphatic rings. The standard InChI is InChI=1S/C5H7F3O/c6-3-4(9)1-2-5(7)8/h5H,1-3H2. The van der Waals surface area contributed by atoms with Crippen molar-refractivity contribution in [1.29, 1.82) is 0 Å². The first-order valence-electron chi connectivity index (χ1n) is 2.52. The second-order valence-corrected chi connectivity index (χ2v) is 1.60. The van der Waals surface area contributed by atoms with Crippen LogP contribution in [-0.2, 0) is 4.79 Å². The third-order valence-corrected chi connectivity index (χ3v) is 0.790. The van der Waals surface area contributed by atoms with Crippen molar-refractivity contribution in [1.82, 2.24) is 0 Å². The number of carbonyl (C=O) groups is 1. The Kier molecular flexibility index (Phi) is 4.09. The second kappa shape index (κ2) is 4.35. The van der Waals surface area contributed by atoms with Gasteiger partial charge in [0.25, 0.3) is 0 Å². The van der Waals surface area contributed by atoms with E-state index in [2.05, 4.69) is 0 Å². The van der Waals surface area contributed by atoms with E-state index in [1.54, 1.807) is 0 Å². The molecule has 0 unspecified atom stereocenters. The van der Waals surface area contributed by atoms with Gasteiger partial charge in [0.15, 0.2) is 5.78 Å². The van der Waals surface area contributed by atoms with Gasteiger partial charge in [0, 0.05) is 12.8 Å². The van der Waals surface area contributed by atoms with E-state index in [1.807, 2.05) is 0 Å². The predicted molar refractivity (Wildman–Crippen MR) is 26.2 cm³/mol. The summed E-state index contributed by atoms with van der Waals surface area (Å²) in [5, 5.41) is 0. The summed E-state index contributed by atoms with van der Waals surface area (Å²) in [6.45, 7) is -1.13. The molecule has 4 heteroatoms. The van der Waals surface area contributed by atoms with Gasteiger partial charge >= 0.3 is 0 Å². The maximum absolute atomic E-state index is 11.3. The number of carbonyl (C=O) groups excluding carboxylic acids is 1. The molecular formula is C5H7F3O. The van der Waals surface area contributed by atoms with E-state index in [-0.39, 0.29) is 6.42 Å². The Bertz CT molecular complexity index is 92.2. The lowest BCUT2D eigenvalue weighted by Crippen LogP contribution is -2.02. The number of hydrogen-bond acceptors (Lipinski definition) is 1. The zero-order valence-electron chi connectivity index (χ0n) is 4.74. The van der Waals surface area contributed by atoms with Crippen LogP contribution in [0, 0.1) is 0 Å². The zero-order valence-corrected chi connectivity index (χ0v) is 4.74. The smallest absolute Gasteiger partial charge is 0.239 e. The molecule has 0 atom stereocenters. The third-order valence-electron chi connectivity index (χ3n) is 0.790. The highest BCUT2D eigenvalue weighted by Gasteiger charge is 2.06. The summed E-state index contributed by atoms with van der Waals surface area (Å²) in [6.07, 6.45) is -3.38. The fourth-order valence-corrected chi connectivity index (χ4v) is 0.337. The molecule has 0 radical (unpaired) electrons. The van der Waals surface area contributed by atoms with Crippen LogP contribution in [0.5, 0.6) is 0 Å². The molecule has 0 spiro atoms. The Morgan fingerprint density at radius 3 is 2.33 bits per heavy atom. The molecule has 0 fully saturated rings. The molecule has 54 valence electrons. The first kappa shape index (κ1) is 8.46. The average molecular weight is 140 g/mol. The fourth-order valence-electron chi connectivity index (χ4n) is 0.337. The number of ketones is 1. The minimum Gasteiger partial charge on any atom is -0.297 e. The fraction of sp³-hybridized carbons (Fsp3) is 0.800. The second-order valence-electron chi connectivity index (χ2n) is 1.60. The van der Waals surface area contributed by atoms with Crippen LogP contribution >= 0.6 is 0 Å². The molecule has 0 saturated heterocycles. The summed E-state index contributed by atoms with van der Waals surface area (Å²) in [6, 6.07) is 0. The lowest BCUT2D eigenvalue weighted by Gasteiger charge is -1.93. The number of rotatable bonds is 4. The van der Waals surface area contributed by atoms with Crippen LogP contribution in [-0.4, -0.2) is 18.9 Å².